The molecule has 112 valence electrons. The highest BCUT2D eigenvalue weighted by molar-refractivity contribution is 6.04. The van der Waals surface area contributed by atoms with Gasteiger partial charge in [-0.15, -0.1) is 5.10 Å². The summed E-state index contributed by atoms with van der Waals surface area (Å²) >= 11 is 0. The fourth-order valence-corrected chi connectivity index (χ4v) is 2.59. The second-order valence-electron chi connectivity index (χ2n) is 4.86. The van der Waals surface area contributed by atoms with E-state index in [9.17, 15) is 4.79 Å². The molecule has 0 saturated carbocycles. The van der Waals surface area contributed by atoms with Crippen molar-refractivity contribution < 1.29 is 19.0 Å². The number of hydrogen-bond donors (Lipinski definition) is 0. The van der Waals surface area contributed by atoms with Gasteiger partial charge in [0, 0.05) is 6.61 Å². The number of carbonyl (C=O) groups is 1. The minimum atomic E-state index is -0.492. The molecule has 1 saturated heterocycles. The van der Waals surface area contributed by atoms with Crippen LogP contribution in [0.5, 0.6) is 5.75 Å². The highest BCUT2D eigenvalue weighted by atomic mass is 16.5. The number of nitrogens with zero attached hydrogens (tertiary/aromatic N) is 3. The second kappa shape index (κ2) is 5.69. The Morgan fingerprint density at radius 3 is 2.90 bits per heavy atom. The molecule has 0 N–H and O–H groups in total. The van der Waals surface area contributed by atoms with Crippen LogP contribution in [-0.4, -0.2) is 41.8 Å². The van der Waals surface area contributed by atoms with E-state index < -0.39 is 5.97 Å². The number of esters is 1. The van der Waals surface area contributed by atoms with Crippen LogP contribution in [0.25, 0.3) is 11.0 Å². The number of rotatable bonds is 3. The zero-order valence-electron chi connectivity index (χ0n) is 12.0. The summed E-state index contributed by atoms with van der Waals surface area (Å²) < 4.78 is 17.5. The van der Waals surface area contributed by atoms with Crippen molar-refractivity contribution in [3.63, 3.8) is 0 Å². The molecule has 1 atom stereocenters. The van der Waals surface area contributed by atoms with Crippen LogP contribution in [0.1, 0.15) is 35.8 Å². The molecule has 0 spiro atoms. The van der Waals surface area contributed by atoms with Crippen molar-refractivity contribution in [2.24, 2.45) is 0 Å². The van der Waals surface area contributed by atoms with E-state index >= 15 is 0 Å². The SMILES string of the molecule is COC(=O)c1c(OC)ccc2c1nnn2C1CCCCO1. The Morgan fingerprint density at radius 1 is 1.38 bits per heavy atom. The van der Waals surface area contributed by atoms with Crippen molar-refractivity contribution in [1.29, 1.82) is 0 Å². The van der Waals surface area contributed by atoms with Gasteiger partial charge >= 0.3 is 5.97 Å². The summed E-state index contributed by atoms with van der Waals surface area (Å²) in [4.78, 5) is 12.0. The minimum Gasteiger partial charge on any atom is -0.496 e. The predicted octanol–water partition coefficient (Wildman–Crippen LogP) is 1.93. The number of fused-ring (bicyclic) bond motifs is 1. The van der Waals surface area contributed by atoms with Gasteiger partial charge < -0.3 is 14.2 Å². The Bertz CT molecular complexity index is 662. The molecule has 1 aromatic heterocycles. The Balaban J connectivity index is 2.12. The lowest BCUT2D eigenvalue weighted by Gasteiger charge is -2.22. The van der Waals surface area contributed by atoms with E-state index in [4.69, 9.17) is 14.2 Å². The highest BCUT2D eigenvalue weighted by Crippen LogP contribution is 2.30. The molecule has 7 nitrogen and oxygen atoms in total. The summed E-state index contributed by atoms with van der Waals surface area (Å²) in [6.07, 6.45) is 2.90. The van der Waals surface area contributed by atoms with E-state index in [2.05, 4.69) is 10.3 Å². The molecular formula is C14H17N3O4. The topological polar surface area (TPSA) is 75.5 Å². The van der Waals surface area contributed by atoms with E-state index in [1.165, 1.54) is 14.2 Å². The molecule has 7 heteroatoms. The number of benzene rings is 1. The van der Waals surface area contributed by atoms with Crippen LogP contribution < -0.4 is 4.74 Å². The summed E-state index contributed by atoms with van der Waals surface area (Å²) in [5.41, 5.74) is 1.50. The molecule has 0 bridgehead atoms. The van der Waals surface area contributed by atoms with Crippen molar-refractivity contribution in [3.05, 3.63) is 17.7 Å². The van der Waals surface area contributed by atoms with Crippen LogP contribution in [-0.2, 0) is 9.47 Å². The van der Waals surface area contributed by atoms with E-state index in [-0.39, 0.29) is 6.23 Å². The van der Waals surface area contributed by atoms with Gasteiger partial charge in [-0.25, -0.2) is 9.48 Å². The van der Waals surface area contributed by atoms with Gasteiger partial charge in [0.1, 0.15) is 16.8 Å². The second-order valence-corrected chi connectivity index (χ2v) is 4.86. The molecule has 1 aliphatic heterocycles. The Labute approximate surface area is 121 Å². The van der Waals surface area contributed by atoms with Gasteiger partial charge in [0.25, 0.3) is 0 Å². The first-order valence-electron chi connectivity index (χ1n) is 6.88. The maximum atomic E-state index is 12.0. The maximum absolute atomic E-state index is 12.0. The zero-order chi connectivity index (χ0) is 14.8. The molecule has 1 aromatic carbocycles. The van der Waals surface area contributed by atoms with Crippen LogP contribution in [0.15, 0.2) is 12.1 Å². The number of ether oxygens (including phenoxy) is 3. The van der Waals surface area contributed by atoms with Crippen molar-refractivity contribution >= 4 is 17.0 Å². The molecule has 0 radical (unpaired) electrons. The fourth-order valence-electron chi connectivity index (χ4n) is 2.59. The van der Waals surface area contributed by atoms with E-state index in [1.54, 1.807) is 10.7 Å². The average Bonchev–Trinajstić information content (AvgIpc) is 2.97. The van der Waals surface area contributed by atoms with Gasteiger partial charge in [-0.05, 0) is 31.4 Å². The lowest BCUT2D eigenvalue weighted by Crippen LogP contribution is -2.19. The van der Waals surface area contributed by atoms with Crippen molar-refractivity contribution in [2.45, 2.75) is 25.5 Å². The summed E-state index contributed by atoms with van der Waals surface area (Å²) in [5, 5.41) is 8.27. The summed E-state index contributed by atoms with van der Waals surface area (Å²) in [6.45, 7) is 0.714. The van der Waals surface area contributed by atoms with Gasteiger partial charge in [0.2, 0.25) is 0 Å². The van der Waals surface area contributed by atoms with Gasteiger partial charge in [-0.3, -0.25) is 0 Å². The largest absolute Gasteiger partial charge is 0.496 e. The molecule has 2 aromatic rings. The van der Waals surface area contributed by atoms with Crippen LogP contribution in [0.3, 0.4) is 0 Å². The van der Waals surface area contributed by atoms with Crippen LogP contribution in [0, 0.1) is 0 Å². The normalized spacial score (nSPS) is 18.7. The van der Waals surface area contributed by atoms with Gasteiger partial charge in [0.05, 0.1) is 19.7 Å². The molecule has 0 amide bonds. The quantitative estimate of drug-likeness (QED) is 0.804. The molecule has 3 rings (SSSR count). The smallest absolute Gasteiger partial charge is 0.344 e. The molecule has 21 heavy (non-hydrogen) atoms. The number of hydrogen-bond acceptors (Lipinski definition) is 6. The highest BCUT2D eigenvalue weighted by Gasteiger charge is 2.24. The minimum absolute atomic E-state index is 0.136. The summed E-state index contributed by atoms with van der Waals surface area (Å²) in [5.74, 6) is -0.0694. The first-order chi connectivity index (χ1) is 10.3. The van der Waals surface area contributed by atoms with Crippen molar-refractivity contribution in [1.82, 2.24) is 15.0 Å². The van der Waals surface area contributed by atoms with E-state index in [1.807, 2.05) is 6.07 Å². The first kappa shape index (κ1) is 13.8. The van der Waals surface area contributed by atoms with Gasteiger partial charge in [0.15, 0.2) is 6.23 Å². The summed E-state index contributed by atoms with van der Waals surface area (Å²) in [7, 11) is 2.83. The Kier molecular flexibility index (Phi) is 3.74. The fraction of sp³-hybridized carbons (Fsp3) is 0.500. The van der Waals surface area contributed by atoms with Crippen LogP contribution in [0.2, 0.25) is 0 Å². The Hall–Kier alpha value is -2.15. The third-order valence-corrected chi connectivity index (χ3v) is 3.64. The zero-order valence-corrected chi connectivity index (χ0v) is 12.0. The third kappa shape index (κ3) is 2.33. The van der Waals surface area contributed by atoms with Gasteiger partial charge in [-0.1, -0.05) is 5.21 Å². The van der Waals surface area contributed by atoms with Gasteiger partial charge in [-0.2, -0.15) is 0 Å². The maximum Gasteiger partial charge on any atom is 0.344 e. The number of aromatic nitrogens is 3. The molecule has 1 unspecified atom stereocenters. The monoisotopic (exact) mass is 291 g/mol. The molecule has 0 aliphatic carbocycles. The lowest BCUT2D eigenvalue weighted by molar-refractivity contribution is -0.0377. The first-order valence-corrected chi connectivity index (χ1v) is 6.88. The van der Waals surface area contributed by atoms with Crippen LogP contribution in [0.4, 0.5) is 0 Å². The van der Waals surface area contributed by atoms with Crippen LogP contribution >= 0.6 is 0 Å². The lowest BCUT2D eigenvalue weighted by atomic mass is 10.1. The number of carbonyl (C=O) groups excluding carboxylic acids is 1. The Morgan fingerprint density at radius 2 is 2.24 bits per heavy atom. The predicted molar refractivity (Wildman–Crippen MR) is 74.3 cm³/mol. The molecule has 1 fully saturated rings. The van der Waals surface area contributed by atoms with Crippen molar-refractivity contribution in [2.75, 3.05) is 20.8 Å². The average molecular weight is 291 g/mol. The number of methoxy groups -OCH3 is 2. The third-order valence-electron chi connectivity index (χ3n) is 3.64. The molecule has 1 aliphatic rings. The molecular weight excluding hydrogens is 274 g/mol. The standard InChI is InChI=1S/C14H17N3O4/c1-19-10-7-6-9-13(12(10)14(18)20-2)15-16-17(9)11-5-3-4-8-21-11/h6-7,11H,3-5,8H2,1-2H3. The van der Waals surface area contributed by atoms with E-state index in [0.29, 0.717) is 23.4 Å². The molecule has 2 heterocycles. The van der Waals surface area contributed by atoms with E-state index in [0.717, 1.165) is 24.8 Å². The van der Waals surface area contributed by atoms with Crippen molar-refractivity contribution in [3.8, 4) is 5.75 Å². The summed E-state index contributed by atoms with van der Waals surface area (Å²) in [6, 6.07) is 3.55.